The zero-order chi connectivity index (χ0) is 25.9. The lowest BCUT2D eigenvalue weighted by Gasteiger charge is -2.14. The molecule has 0 aliphatic carbocycles. The number of halogens is 1. The van der Waals surface area contributed by atoms with Gasteiger partial charge in [-0.2, -0.15) is 0 Å². The number of carbonyl (C=O) groups excluding carboxylic acids is 2. The van der Waals surface area contributed by atoms with Gasteiger partial charge in [0.25, 0.3) is 21.8 Å². The number of nitrogens with zero attached hydrogens (tertiary/aromatic N) is 2. The number of hydrogen-bond acceptors (Lipinski definition) is 5. The molecular formula is C26H23FN4O4S. The maximum atomic E-state index is 13.9. The van der Waals surface area contributed by atoms with Gasteiger partial charge in [-0.3, -0.25) is 20.0 Å². The average Bonchev–Trinajstić information content (AvgIpc) is 3.37. The number of hydrogen-bond donors (Lipinski definition) is 2. The summed E-state index contributed by atoms with van der Waals surface area (Å²) in [6.07, 6.45) is 7.68. The normalized spacial score (nSPS) is 15.4. The van der Waals surface area contributed by atoms with Gasteiger partial charge in [0.1, 0.15) is 10.7 Å². The number of rotatable bonds is 6. The fraction of sp³-hybridized carbons (Fsp3) is 0.192. The Morgan fingerprint density at radius 3 is 2.69 bits per heavy atom. The van der Waals surface area contributed by atoms with E-state index in [-0.39, 0.29) is 17.4 Å². The van der Waals surface area contributed by atoms with E-state index in [9.17, 15) is 22.4 Å². The topological polar surface area (TPSA) is 108 Å². The predicted octanol–water partition coefficient (Wildman–Crippen LogP) is 2.77. The lowest BCUT2D eigenvalue weighted by Crippen LogP contribution is -2.41. The van der Waals surface area contributed by atoms with Crippen LogP contribution in [0.4, 0.5) is 4.39 Å². The van der Waals surface area contributed by atoms with E-state index in [2.05, 4.69) is 16.3 Å². The van der Waals surface area contributed by atoms with Crippen LogP contribution in [0.5, 0.6) is 0 Å². The third kappa shape index (κ3) is 5.43. The van der Waals surface area contributed by atoms with Crippen molar-refractivity contribution in [1.29, 1.82) is 0 Å². The number of carbonyl (C=O) groups is 2. The van der Waals surface area contributed by atoms with Crippen LogP contribution in [0.25, 0.3) is 11.3 Å². The molecule has 1 aromatic heterocycles. The second kappa shape index (κ2) is 10.3. The van der Waals surface area contributed by atoms with Gasteiger partial charge in [0.15, 0.2) is 0 Å². The van der Waals surface area contributed by atoms with Crippen LogP contribution >= 0.6 is 0 Å². The number of amides is 2. The third-order valence-electron chi connectivity index (χ3n) is 5.91. The molecule has 1 saturated heterocycles. The van der Waals surface area contributed by atoms with Gasteiger partial charge >= 0.3 is 0 Å². The number of sulfonamides is 1. The lowest BCUT2D eigenvalue weighted by molar-refractivity contribution is -0.124. The van der Waals surface area contributed by atoms with Crippen molar-refractivity contribution >= 4 is 21.8 Å². The summed E-state index contributed by atoms with van der Waals surface area (Å²) >= 11 is 0. The molecule has 10 heteroatoms. The van der Waals surface area contributed by atoms with E-state index in [0.717, 1.165) is 29.7 Å². The minimum atomic E-state index is -4.30. The summed E-state index contributed by atoms with van der Waals surface area (Å²) in [5.41, 5.74) is 5.37. The highest BCUT2D eigenvalue weighted by Crippen LogP contribution is 2.30. The van der Waals surface area contributed by atoms with Crippen LogP contribution in [0.3, 0.4) is 0 Å². The molecule has 4 rings (SSSR count). The maximum Gasteiger partial charge on any atom is 0.298 e. The van der Waals surface area contributed by atoms with E-state index in [0.29, 0.717) is 24.3 Å². The molecule has 1 unspecified atom stereocenters. The summed E-state index contributed by atoms with van der Waals surface area (Å²) in [5.74, 6) is 0.288. The Kier molecular flexibility index (Phi) is 7.15. The van der Waals surface area contributed by atoms with Crippen LogP contribution in [-0.2, 0) is 14.8 Å². The number of benzene rings is 2. The van der Waals surface area contributed by atoms with Crippen molar-refractivity contribution in [3.8, 4) is 23.6 Å². The van der Waals surface area contributed by atoms with Gasteiger partial charge in [-0.05, 0) is 72.9 Å². The van der Waals surface area contributed by atoms with Crippen LogP contribution in [0.2, 0.25) is 0 Å². The van der Waals surface area contributed by atoms with Crippen LogP contribution in [-0.4, -0.2) is 43.2 Å². The summed E-state index contributed by atoms with van der Waals surface area (Å²) in [5, 5.41) is 0. The third-order valence-corrected chi connectivity index (χ3v) is 7.20. The molecule has 1 atom stereocenters. The van der Waals surface area contributed by atoms with Crippen molar-refractivity contribution in [2.24, 2.45) is 0 Å². The number of aromatic nitrogens is 1. The lowest BCUT2D eigenvalue weighted by atomic mass is 9.96. The standard InChI is InChI=1S/C26H23FN4O4S/c1-3-25(32)31-11-9-19(16-31)18-8-10-28-23(15-18)20-12-17(2)13-21(14-20)26(33)29-30-36(34,35)24-7-5-4-6-22(24)27/h1,4-8,10,12-15,19,30H,9,11,16H2,2H3,(H,29,33). The van der Waals surface area contributed by atoms with Gasteiger partial charge in [-0.25, -0.2) is 12.8 Å². The number of aryl methyl sites for hydroxylation is 1. The Balaban J connectivity index is 1.52. The molecule has 36 heavy (non-hydrogen) atoms. The van der Waals surface area contributed by atoms with Gasteiger partial charge in [-0.1, -0.05) is 12.1 Å². The van der Waals surface area contributed by atoms with Crippen LogP contribution < -0.4 is 10.3 Å². The summed E-state index contributed by atoms with van der Waals surface area (Å²) in [6, 6.07) is 13.7. The van der Waals surface area contributed by atoms with Gasteiger partial charge < -0.3 is 4.90 Å². The molecule has 0 saturated carbocycles. The van der Waals surface area contributed by atoms with Crippen molar-refractivity contribution in [3.05, 3.63) is 83.3 Å². The van der Waals surface area contributed by atoms with E-state index < -0.39 is 26.6 Å². The van der Waals surface area contributed by atoms with Gasteiger partial charge in [0.2, 0.25) is 0 Å². The highest BCUT2D eigenvalue weighted by Gasteiger charge is 2.27. The number of terminal acetylenes is 1. The monoisotopic (exact) mass is 506 g/mol. The summed E-state index contributed by atoms with van der Waals surface area (Å²) in [4.78, 5) is 32.0. The van der Waals surface area contributed by atoms with Crippen LogP contribution in [0.1, 0.15) is 33.8 Å². The SMILES string of the molecule is C#CC(=O)N1CCC(c2ccnc(-c3cc(C)cc(C(=O)NNS(=O)(=O)c4ccccc4F)c3)c2)C1. The van der Waals surface area contributed by atoms with Crippen molar-refractivity contribution in [2.45, 2.75) is 24.2 Å². The minimum absolute atomic E-state index is 0.115. The Morgan fingerprint density at radius 2 is 1.94 bits per heavy atom. The Labute approximate surface area is 208 Å². The summed E-state index contributed by atoms with van der Waals surface area (Å²) in [7, 11) is -4.30. The molecule has 0 spiro atoms. The maximum absolute atomic E-state index is 13.9. The van der Waals surface area contributed by atoms with Crippen molar-refractivity contribution in [2.75, 3.05) is 13.1 Å². The molecule has 1 aliphatic heterocycles. The first kappa shape index (κ1) is 25.0. The second-order valence-electron chi connectivity index (χ2n) is 8.43. The first-order valence-corrected chi connectivity index (χ1v) is 12.6. The number of pyridine rings is 1. The minimum Gasteiger partial charge on any atom is -0.331 e. The molecule has 3 aromatic rings. The highest BCUT2D eigenvalue weighted by atomic mass is 32.2. The average molecular weight is 507 g/mol. The number of nitrogens with one attached hydrogen (secondary N) is 2. The van der Waals surface area contributed by atoms with Gasteiger partial charge in [0, 0.05) is 36.3 Å². The summed E-state index contributed by atoms with van der Waals surface area (Å²) < 4.78 is 38.6. The molecule has 2 amide bonds. The van der Waals surface area contributed by atoms with Crippen molar-refractivity contribution in [1.82, 2.24) is 20.1 Å². The molecule has 2 aromatic carbocycles. The fourth-order valence-corrected chi connectivity index (χ4v) is 5.05. The first-order chi connectivity index (χ1) is 17.2. The van der Waals surface area contributed by atoms with E-state index in [1.807, 2.05) is 23.0 Å². The van der Waals surface area contributed by atoms with Crippen molar-refractivity contribution in [3.63, 3.8) is 0 Å². The number of hydrazine groups is 1. The zero-order valence-electron chi connectivity index (χ0n) is 19.4. The smallest absolute Gasteiger partial charge is 0.298 e. The highest BCUT2D eigenvalue weighted by molar-refractivity contribution is 7.89. The van der Waals surface area contributed by atoms with E-state index in [1.165, 1.54) is 12.1 Å². The van der Waals surface area contributed by atoms with Crippen LogP contribution in [0.15, 0.2) is 65.7 Å². The Hall–Kier alpha value is -4.07. The largest absolute Gasteiger partial charge is 0.331 e. The molecule has 0 radical (unpaired) electrons. The number of likely N-dealkylation sites (tertiary alicyclic amines) is 1. The first-order valence-electron chi connectivity index (χ1n) is 11.1. The quantitative estimate of drug-likeness (QED) is 0.395. The van der Waals surface area contributed by atoms with E-state index in [4.69, 9.17) is 6.42 Å². The van der Waals surface area contributed by atoms with E-state index >= 15 is 0 Å². The second-order valence-corrected chi connectivity index (χ2v) is 10.1. The molecule has 2 N–H and O–H groups in total. The molecular weight excluding hydrogens is 483 g/mol. The molecule has 2 heterocycles. The zero-order valence-corrected chi connectivity index (χ0v) is 20.2. The molecule has 0 bridgehead atoms. The van der Waals surface area contributed by atoms with Crippen molar-refractivity contribution < 1.29 is 22.4 Å². The van der Waals surface area contributed by atoms with Crippen LogP contribution in [0, 0.1) is 25.1 Å². The van der Waals surface area contributed by atoms with E-state index in [1.54, 1.807) is 30.2 Å². The Bertz CT molecular complexity index is 1480. The molecule has 1 aliphatic rings. The summed E-state index contributed by atoms with van der Waals surface area (Å²) in [6.45, 7) is 2.91. The van der Waals surface area contributed by atoms with Gasteiger partial charge in [0.05, 0.1) is 5.69 Å². The molecule has 8 nitrogen and oxygen atoms in total. The van der Waals surface area contributed by atoms with Gasteiger partial charge in [-0.15, -0.1) is 11.3 Å². The fourth-order valence-electron chi connectivity index (χ4n) is 4.13. The molecule has 184 valence electrons. The Morgan fingerprint density at radius 1 is 1.17 bits per heavy atom. The molecule has 1 fully saturated rings. The predicted molar refractivity (Wildman–Crippen MR) is 131 cm³/mol.